The lowest BCUT2D eigenvalue weighted by molar-refractivity contribution is -0.384. The zero-order valence-electron chi connectivity index (χ0n) is 11.0. The standard InChI is InChI=1S/C13H15ClN2O4/c1-2-9-8-20-6-5-15(9)13(17)11-4-3-10(16(18)19)7-12(11)14/h3-4,7,9H,2,5-6,8H2,1H3. The van der Waals surface area contributed by atoms with Gasteiger partial charge in [0.05, 0.1) is 34.8 Å². The molecule has 0 N–H and O–H groups in total. The van der Waals surface area contributed by atoms with Crippen molar-refractivity contribution in [3.05, 3.63) is 38.9 Å². The molecule has 1 aromatic carbocycles. The van der Waals surface area contributed by atoms with Gasteiger partial charge in [-0.1, -0.05) is 18.5 Å². The van der Waals surface area contributed by atoms with Crippen molar-refractivity contribution in [3.63, 3.8) is 0 Å². The fraction of sp³-hybridized carbons (Fsp3) is 0.462. The van der Waals surface area contributed by atoms with E-state index in [0.29, 0.717) is 19.8 Å². The van der Waals surface area contributed by atoms with Crippen LogP contribution in [0.25, 0.3) is 0 Å². The molecule has 1 aromatic rings. The maximum Gasteiger partial charge on any atom is 0.270 e. The van der Waals surface area contributed by atoms with Crippen LogP contribution in [-0.4, -0.2) is 41.5 Å². The Balaban J connectivity index is 2.26. The molecule has 1 fully saturated rings. The molecule has 7 heteroatoms. The molecule has 108 valence electrons. The zero-order chi connectivity index (χ0) is 14.7. The van der Waals surface area contributed by atoms with Gasteiger partial charge in [-0.2, -0.15) is 0 Å². The fourth-order valence-corrected chi connectivity index (χ4v) is 2.46. The highest BCUT2D eigenvalue weighted by molar-refractivity contribution is 6.34. The van der Waals surface area contributed by atoms with Gasteiger partial charge in [0, 0.05) is 18.7 Å². The molecular formula is C13H15ClN2O4. The number of benzene rings is 1. The average Bonchev–Trinajstić information content (AvgIpc) is 2.46. The van der Waals surface area contributed by atoms with Gasteiger partial charge in [-0.05, 0) is 12.5 Å². The van der Waals surface area contributed by atoms with Gasteiger partial charge in [0.25, 0.3) is 11.6 Å². The van der Waals surface area contributed by atoms with Crippen molar-refractivity contribution >= 4 is 23.2 Å². The normalized spacial score (nSPS) is 18.9. The Bertz CT molecular complexity index is 535. The number of carbonyl (C=O) groups excluding carboxylic acids is 1. The predicted octanol–water partition coefficient (Wildman–Crippen LogP) is 2.50. The molecule has 1 saturated heterocycles. The Morgan fingerprint density at radius 2 is 2.35 bits per heavy atom. The van der Waals surface area contributed by atoms with Crippen LogP contribution < -0.4 is 0 Å². The average molecular weight is 299 g/mol. The molecule has 0 spiro atoms. The third-order valence-electron chi connectivity index (χ3n) is 3.35. The molecular weight excluding hydrogens is 284 g/mol. The second-order valence-corrected chi connectivity index (χ2v) is 4.96. The minimum atomic E-state index is -0.538. The molecule has 0 radical (unpaired) electrons. The second kappa shape index (κ2) is 6.19. The lowest BCUT2D eigenvalue weighted by Crippen LogP contribution is -2.48. The molecule has 1 amide bonds. The summed E-state index contributed by atoms with van der Waals surface area (Å²) >= 11 is 6.00. The van der Waals surface area contributed by atoms with Gasteiger partial charge in [-0.25, -0.2) is 0 Å². The smallest absolute Gasteiger partial charge is 0.270 e. The summed E-state index contributed by atoms with van der Waals surface area (Å²) in [6.45, 7) is 3.49. The number of hydrogen-bond acceptors (Lipinski definition) is 4. The first-order valence-corrected chi connectivity index (χ1v) is 6.75. The molecule has 1 aliphatic rings. The topological polar surface area (TPSA) is 72.7 Å². The van der Waals surface area contributed by atoms with E-state index in [1.54, 1.807) is 4.90 Å². The number of nitro benzene ring substituents is 1. The highest BCUT2D eigenvalue weighted by atomic mass is 35.5. The van der Waals surface area contributed by atoms with E-state index in [9.17, 15) is 14.9 Å². The molecule has 1 aliphatic heterocycles. The van der Waals surface area contributed by atoms with Crippen molar-refractivity contribution in [2.24, 2.45) is 0 Å². The van der Waals surface area contributed by atoms with Crippen LogP contribution >= 0.6 is 11.6 Å². The maximum absolute atomic E-state index is 12.5. The van der Waals surface area contributed by atoms with E-state index in [4.69, 9.17) is 16.3 Å². The van der Waals surface area contributed by atoms with Crippen LogP contribution in [0.3, 0.4) is 0 Å². The summed E-state index contributed by atoms with van der Waals surface area (Å²) in [6, 6.07) is 3.92. The van der Waals surface area contributed by atoms with Crippen molar-refractivity contribution in [2.75, 3.05) is 19.8 Å². The van der Waals surface area contributed by atoms with Crippen LogP contribution in [0.2, 0.25) is 5.02 Å². The summed E-state index contributed by atoms with van der Waals surface area (Å²) in [5.41, 5.74) is 0.165. The number of nitro groups is 1. The van der Waals surface area contributed by atoms with E-state index in [1.807, 2.05) is 6.92 Å². The summed E-state index contributed by atoms with van der Waals surface area (Å²) in [4.78, 5) is 24.3. The van der Waals surface area contributed by atoms with Crippen LogP contribution in [0.15, 0.2) is 18.2 Å². The first-order chi connectivity index (χ1) is 9.54. The number of ether oxygens (including phenoxy) is 1. The minimum absolute atomic E-state index is 0.0162. The number of halogens is 1. The minimum Gasteiger partial charge on any atom is -0.377 e. The van der Waals surface area contributed by atoms with E-state index in [0.717, 1.165) is 6.42 Å². The van der Waals surface area contributed by atoms with Gasteiger partial charge in [-0.15, -0.1) is 0 Å². The van der Waals surface area contributed by atoms with Crippen LogP contribution in [0.5, 0.6) is 0 Å². The summed E-state index contributed by atoms with van der Waals surface area (Å²) < 4.78 is 5.35. The van der Waals surface area contributed by atoms with Crippen LogP contribution in [-0.2, 0) is 4.74 Å². The molecule has 6 nitrogen and oxygen atoms in total. The molecule has 2 rings (SSSR count). The predicted molar refractivity (Wildman–Crippen MR) is 74.0 cm³/mol. The highest BCUT2D eigenvalue weighted by Crippen LogP contribution is 2.25. The Morgan fingerprint density at radius 1 is 1.60 bits per heavy atom. The molecule has 1 heterocycles. The maximum atomic E-state index is 12.5. The van der Waals surface area contributed by atoms with Gasteiger partial charge >= 0.3 is 0 Å². The zero-order valence-corrected chi connectivity index (χ0v) is 11.8. The third-order valence-corrected chi connectivity index (χ3v) is 3.67. The van der Waals surface area contributed by atoms with Gasteiger partial charge in [0.1, 0.15) is 0 Å². The van der Waals surface area contributed by atoms with Crippen molar-refractivity contribution in [3.8, 4) is 0 Å². The number of carbonyl (C=O) groups is 1. The van der Waals surface area contributed by atoms with Crippen molar-refractivity contribution in [2.45, 2.75) is 19.4 Å². The largest absolute Gasteiger partial charge is 0.377 e. The SMILES string of the molecule is CCC1COCCN1C(=O)c1ccc([N+](=O)[O-])cc1Cl. The quantitative estimate of drug-likeness (QED) is 0.635. The molecule has 1 unspecified atom stereocenters. The highest BCUT2D eigenvalue weighted by Gasteiger charge is 2.28. The van der Waals surface area contributed by atoms with E-state index in [1.165, 1.54) is 18.2 Å². The Labute approximate surface area is 121 Å². The Morgan fingerprint density at radius 3 is 2.95 bits per heavy atom. The van der Waals surface area contributed by atoms with Gasteiger partial charge in [0.15, 0.2) is 0 Å². The lowest BCUT2D eigenvalue weighted by atomic mass is 10.1. The lowest BCUT2D eigenvalue weighted by Gasteiger charge is -2.35. The molecule has 0 saturated carbocycles. The van der Waals surface area contributed by atoms with Crippen molar-refractivity contribution in [1.29, 1.82) is 0 Å². The number of amides is 1. The summed E-state index contributed by atoms with van der Waals surface area (Å²) in [7, 11) is 0. The Kier molecular flexibility index (Phi) is 4.57. The summed E-state index contributed by atoms with van der Waals surface area (Å²) in [6.07, 6.45) is 0.788. The van der Waals surface area contributed by atoms with Gasteiger partial charge < -0.3 is 9.64 Å². The molecule has 1 atom stereocenters. The molecule has 0 aliphatic carbocycles. The van der Waals surface area contributed by atoms with E-state index < -0.39 is 4.92 Å². The molecule has 0 aromatic heterocycles. The number of hydrogen-bond donors (Lipinski definition) is 0. The monoisotopic (exact) mass is 298 g/mol. The Hall–Kier alpha value is -1.66. The van der Waals surface area contributed by atoms with E-state index in [2.05, 4.69) is 0 Å². The number of morpholine rings is 1. The van der Waals surface area contributed by atoms with Crippen LogP contribution in [0.1, 0.15) is 23.7 Å². The first kappa shape index (κ1) is 14.7. The van der Waals surface area contributed by atoms with E-state index >= 15 is 0 Å². The fourth-order valence-electron chi connectivity index (χ4n) is 2.21. The summed E-state index contributed by atoms with van der Waals surface area (Å²) in [5, 5.41) is 10.8. The van der Waals surface area contributed by atoms with Crippen molar-refractivity contribution in [1.82, 2.24) is 4.90 Å². The van der Waals surface area contributed by atoms with Crippen LogP contribution in [0.4, 0.5) is 5.69 Å². The number of rotatable bonds is 3. The van der Waals surface area contributed by atoms with E-state index in [-0.39, 0.29) is 28.2 Å². The molecule has 0 bridgehead atoms. The van der Waals surface area contributed by atoms with Crippen LogP contribution in [0, 0.1) is 10.1 Å². The second-order valence-electron chi connectivity index (χ2n) is 4.56. The van der Waals surface area contributed by atoms with Crippen molar-refractivity contribution < 1.29 is 14.5 Å². The molecule has 20 heavy (non-hydrogen) atoms. The van der Waals surface area contributed by atoms with Gasteiger partial charge in [-0.3, -0.25) is 14.9 Å². The summed E-state index contributed by atoms with van der Waals surface area (Å²) in [5.74, 6) is -0.208. The van der Waals surface area contributed by atoms with Gasteiger partial charge in [0.2, 0.25) is 0 Å². The number of nitrogens with zero attached hydrogens (tertiary/aromatic N) is 2. The first-order valence-electron chi connectivity index (χ1n) is 6.37. The third kappa shape index (κ3) is 2.91. The number of non-ortho nitro benzene ring substituents is 1.